The number of nitrogens with two attached hydrogens (primary N) is 1. The zero-order chi connectivity index (χ0) is 16.6. The molecule has 0 bridgehead atoms. The molecule has 0 aromatic heterocycles. The minimum Gasteiger partial charge on any atom is -0.397 e. The number of fused-ring (bicyclic) bond motifs is 2. The van der Waals surface area contributed by atoms with Crippen LogP contribution in [0.1, 0.15) is 12.0 Å². The monoisotopic (exact) mass is 450 g/mol. The molecule has 0 saturated heterocycles. The number of anilines is 3. The third-order valence-corrected chi connectivity index (χ3v) is 5.45. The molecule has 0 fully saturated rings. The van der Waals surface area contributed by atoms with Crippen molar-refractivity contribution < 1.29 is 13.2 Å². The Morgan fingerprint density at radius 2 is 1.87 bits per heavy atom. The lowest BCUT2D eigenvalue weighted by Crippen LogP contribution is -2.24. The summed E-state index contributed by atoms with van der Waals surface area (Å²) >= 11 is 3.64. The van der Waals surface area contributed by atoms with E-state index in [-0.39, 0.29) is 5.69 Å². The van der Waals surface area contributed by atoms with Crippen LogP contribution in [0, 0.1) is 0 Å². The Balaban J connectivity index is 2.14. The van der Waals surface area contributed by atoms with Crippen molar-refractivity contribution >= 4 is 51.4 Å². The molecule has 0 spiro atoms. The van der Waals surface area contributed by atoms with Crippen LogP contribution in [0.3, 0.4) is 0 Å². The number of rotatable bonds is 3. The quantitative estimate of drug-likeness (QED) is 0.369. The van der Waals surface area contributed by atoms with E-state index >= 15 is 0 Å². The highest BCUT2D eigenvalue weighted by Gasteiger charge is 2.34. The van der Waals surface area contributed by atoms with Crippen molar-refractivity contribution in [3.8, 4) is 0 Å². The molecule has 0 radical (unpaired) electrons. The zero-order valence-electron chi connectivity index (χ0n) is 12.0. The Labute approximate surface area is 150 Å². The molecule has 122 valence electrons. The topological polar surface area (TPSA) is 29.3 Å². The molecule has 23 heavy (non-hydrogen) atoms. The Hall–Kier alpha value is -1.09. The van der Waals surface area contributed by atoms with E-state index in [4.69, 9.17) is 5.73 Å². The van der Waals surface area contributed by atoms with Gasteiger partial charge in [-0.15, -0.1) is 0 Å². The molecule has 1 aliphatic rings. The number of benzene rings is 2. The van der Waals surface area contributed by atoms with Gasteiger partial charge in [-0.05, 0) is 30.7 Å². The van der Waals surface area contributed by atoms with Crippen LogP contribution in [-0.4, -0.2) is 11.0 Å². The first-order chi connectivity index (χ1) is 10.9. The van der Waals surface area contributed by atoms with Gasteiger partial charge in [-0.2, -0.15) is 13.2 Å². The summed E-state index contributed by atoms with van der Waals surface area (Å²) in [5, 5.41) is 0. The van der Waals surface area contributed by atoms with Gasteiger partial charge in [-0.1, -0.05) is 46.5 Å². The highest BCUT2D eigenvalue weighted by atomic mass is 127. The van der Waals surface area contributed by atoms with Crippen LogP contribution in [0.5, 0.6) is 0 Å². The molecule has 0 amide bonds. The number of alkyl halides is 4. The maximum absolute atomic E-state index is 13.1. The second kappa shape index (κ2) is 6.43. The van der Waals surface area contributed by atoms with E-state index in [9.17, 15) is 13.2 Å². The van der Waals surface area contributed by atoms with Gasteiger partial charge in [-0.25, -0.2) is 0 Å². The van der Waals surface area contributed by atoms with Gasteiger partial charge in [0.05, 0.1) is 22.6 Å². The van der Waals surface area contributed by atoms with Crippen LogP contribution in [0.4, 0.5) is 30.2 Å². The molecule has 1 aliphatic heterocycles. The Bertz CT molecular complexity index is 734. The third kappa shape index (κ3) is 3.26. The van der Waals surface area contributed by atoms with Gasteiger partial charge in [0, 0.05) is 20.8 Å². The van der Waals surface area contributed by atoms with Gasteiger partial charge >= 0.3 is 6.18 Å². The Morgan fingerprint density at radius 1 is 1.13 bits per heavy atom. The lowest BCUT2D eigenvalue weighted by Gasteiger charge is -2.34. The lowest BCUT2D eigenvalue weighted by molar-refractivity contribution is -0.137. The summed E-state index contributed by atoms with van der Waals surface area (Å²) in [5.74, 6) is 0. The molecule has 3 rings (SSSR count). The van der Waals surface area contributed by atoms with Crippen molar-refractivity contribution in [2.45, 2.75) is 22.4 Å². The molecule has 2 nitrogen and oxygen atoms in total. The van der Waals surface area contributed by atoms with E-state index in [0.29, 0.717) is 10.6 Å². The predicted molar refractivity (Wildman–Crippen MR) is 96.9 cm³/mol. The molecular weight excluding hydrogens is 436 g/mol. The predicted octanol–water partition coefficient (Wildman–Crippen LogP) is 5.72. The van der Waals surface area contributed by atoms with Crippen LogP contribution in [-0.2, 0) is 6.18 Å². The average molecular weight is 450 g/mol. The molecule has 0 atom stereocenters. The second-order valence-corrected chi connectivity index (χ2v) is 7.34. The van der Waals surface area contributed by atoms with Gasteiger partial charge in [-0.3, -0.25) is 0 Å². The molecule has 0 aliphatic carbocycles. The number of hydrogen-bond donors (Lipinski definition) is 1. The first-order valence-electron chi connectivity index (χ1n) is 7.03. The van der Waals surface area contributed by atoms with Crippen LogP contribution in [0.25, 0.3) is 0 Å². The van der Waals surface area contributed by atoms with E-state index in [2.05, 4.69) is 22.6 Å². The van der Waals surface area contributed by atoms with Gasteiger partial charge in [0.1, 0.15) is 0 Å². The summed E-state index contributed by atoms with van der Waals surface area (Å²) in [6.07, 6.45) is -3.47. The van der Waals surface area contributed by atoms with E-state index in [1.165, 1.54) is 17.8 Å². The van der Waals surface area contributed by atoms with Crippen molar-refractivity contribution in [2.24, 2.45) is 0 Å². The van der Waals surface area contributed by atoms with Gasteiger partial charge in [0.15, 0.2) is 0 Å². The highest BCUT2D eigenvalue weighted by molar-refractivity contribution is 14.1. The molecule has 0 saturated carbocycles. The molecular formula is C16H14F3IN2S. The van der Waals surface area contributed by atoms with Crippen LogP contribution in [0.15, 0.2) is 46.2 Å². The maximum Gasteiger partial charge on any atom is 0.416 e. The minimum atomic E-state index is -4.40. The van der Waals surface area contributed by atoms with E-state index in [1.807, 2.05) is 29.2 Å². The normalized spacial score (nSPS) is 13.7. The van der Waals surface area contributed by atoms with Crippen LogP contribution in [0.2, 0.25) is 0 Å². The number of hydrogen-bond acceptors (Lipinski definition) is 3. The lowest BCUT2D eigenvalue weighted by atomic mass is 10.1. The Morgan fingerprint density at radius 3 is 2.57 bits per heavy atom. The van der Waals surface area contributed by atoms with Crippen LogP contribution >= 0.6 is 34.4 Å². The zero-order valence-corrected chi connectivity index (χ0v) is 15.0. The maximum atomic E-state index is 13.1. The fourth-order valence-electron chi connectivity index (χ4n) is 2.62. The van der Waals surface area contributed by atoms with Crippen LogP contribution < -0.4 is 10.6 Å². The summed E-state index contributed by atoms with van der Waals surface area (Å²) in [5.41, 5.74) is 7.16. The van der Waals surface area contributed by atoms with E-state index in [0.717, 1.165) is 34.0 Å². The first kappa shape index (κ1) is 16.8. The molecule has 0 unspecified atom stereocenters. The smallest absolute Gasteiger partial charge is 0.397 e. The number of para-hydroxylation sites is 1. The summed E-state index contributed by atoms with van der Waals surface area (Å²) in [6.45, 7) is 0.725. The largest absolute Gasteiger partial charge is 0.416 e. The molecule has 2 N–H and O–H groups in total. The molecule has 1 heterocycles. The van der Waals surface area contributed by atoms with Gasteiger partial charge in [0.25, 0.3) is 0 Å². The highest BCUT2D eigenvalue weighted by Crippen LogP contribution is 2.52. The fourth-order valence-corrected chi connectivity index (χ4v) is 4.13. The second-order valence-electron chi connectivity index (χ2n) is 5.17. The summed E-state index contributed by atoms with van der Waals surface area (Å²) in [6, 6.07) is 9.96. The van der Waals surface area contributed by atoms with Crippen molar-refractivity contribution in [3.05, 3.63) is 42.0 Å². The summed E-state index contributed by atoms with van der Waals surface area (Å²) in [7, 11) is 0. The van der Waals surface area contributed by atoms with Gasteiger partial charge < -0.3 is 10.6 Å². The number of nitrogen functional groups attached to an aromatic ring is 1. The molecule has 2 aromatic rings. The van der Waals surface area contributed by atoms with E-state index in [1.54, 1.807) is 0 Å². The first-order valence-corrected chi connectivity index (χ1v) is 9.37. The van der Waals surface area contributed by atoms with Crippen molar-refractivity contribution in [1.29, 1.82) is 0 Å². The van der Waals surface area contributed by atoms with Crippen molar-refractivity contribution in [2.75, 3.05) is 21.6 Å². The summed E-state index contributed by atoms with van der Waals surface area (Å²) in [4.78, 5) is 3.55. The molecule has 7 heteroatoms. The van der Waals surface area contributed by atoms with Crippen molar-refractivity contribution in [3.63, 3.8) is 0 Å². The number of nitrogens with zero attached hydrogens (tertiary/aromatic N) is 1. The molecule has 2 aromatic carbocycles. The number of halogens is 4. The van der Waals surface area contributed by atoms with Gasteiger partial charge in [0.2, 0.25) is 0 Å². The SMILES string of the molecule is Nc1cc(C(F)(F)F)cc2c1N(CCCI)c1ccccc1S2. The summed E-state index contributed by atoms with van der Waals surface area (Å²) < 4.78 is 40.1. The van der Waals surface area contributed by atoms with Crippen molar-refractivity contribution in [1.82, 2.24) is 0 Å². The minimum absolute atomic E-state index is 0.172. The van der Waals surface area contributed by atoms with E-state index < -0.39 is 11.7 Å². The standard InChI is InChI=1S/C16H14F3IN2S/c17-16(18,19)10-8-11(21)15-14(9-10)23-13-5-2-1-4-12(13)22(15)7-3-6-20/h1-2,4-5,8-9H,3,6-7,21H2. The fraction of sp³-hybridized carbons (Fsp3) is 0.250. The third-order valence-electron chi connectivity index (χ3n) is 3.59. The average Bonchev–Trinajstić information content (AvgIpc) is 2.50. The Kier molecular flexibility index (Phi) is 4.68.